The van der Waals surface area contributed by atoms with Crippen molar-refractivity contribution >= 4 is 99.1 Å². The van der Waals surface area contributed by atoms with Crippen molar-refractivity contribution in [2.24, 2.45) is 123 Å². The van der Waals surface area contributed by atoms with Gasteiger partial charge in [-0.2, -0.15) is 0 Å². The number of methoxy groups -OCH3 is 1. The Balaban J connectivity index is -0.000000193. The first kappa shape index (κ1) is 153. The standard InChI is InChI=1S/C10H22N2O.C10H19NO2.C9H18N2O2.C9H19NO2.C9H19NO.C8H19N3OS.C8H18N2O2.C8H18N2O.C8H17NO2.C7H15NO3S.C7H15NO2.C7H15NOS/c1-4-5-6-7-12-9(13)10(2,3)8-11;1-8(12)4-5-9(13)6-10(2,3)7-11;1-7(12)4-5-11-8(13)9(2,3)6-10;1-9(2,7-10)6-8(11)4-5-12-3;1-4-5-8(11)6-9(2,3)7-10;1-13(2,12)11-7-5-10(4-3-9)6-8-11;1-8(2,6-9)7(12)10-4-3-5-11;1-4-5-10-7(11)8(2,3)6-9;1-6(10)7(11)4-8(2,3)5-9;1-12(9,10)7(6-8)2-4-11-5-3-7;1-7(2,5-8)3-6(10)4-9;1-10(9)4-2-7(6-8)3-5-10/h4-8,11H2,1-3H3,(H,12,13);12H,1,4-7,11H2,2-3H3;4-6,10H2,1-3H3,(H,11,13);4-7,10H2,1-3H3;4-7,10H2,1-3H3;1,3-9H2,2H3;11H,3-6,9H2,1-2H3,(H,10,12);4-6,9H2,1-3H3,(H,10,11);6,10H,4-5,9H2,1-3H3;2-6,8H2,1H3;9H,3-5,8H2,1-2H3;7H,1-6,8H2. The third-order valence-electron chi connectivity index (χ3n) is 23.1. The molecule has 3 aliphatic rings. The summed E-state index contributed by atoms with van der Waals surface area (Å²) in [6, 6.07) is 0. The van der Waals surface area contributed by atoms with Gasteiger partial charge < -0.3 is 120 Å². The van der Waals surface area contributed by atoms with E-state index in [1.807, 2.05) is 115 Å². The van der Waals surface area contributed by atoms with Crippen LogP contribution in [0.3, 0.4) is 0 Å². The van der Waals surface area contributed by atoms with Crippen molar-refractivity contribution in [2.45, 2.75) is 299 Å². The number of amides is 4. The molecular weight excluding hydrogens is 1870 g/mol. The normalized spacial score (nSPS) is 16.2. The van der Waals surface area contributed by atoms with Crippen molar-refractivity contribution in [3.05, 3.63) is 12.3 Å². The Kier molecular flexibility index (Phi) is 88.8. The Morgan fingerprint density at radius 1 is 0.496 bits per heavy atom. The molecule has 38 nitrogen and oxygen atoms in total. The Morgan fingerprint density at radius 3 is 1.13 bits per heavy atom. The molecule has 141 heavy (non-hydrogen) atoms. The SMILES string of the molecule is C=C(O)CCC(=O)CC(C)(C)CN.C=S(C)(=O)N1CCN(CCN)CC1.C=S1(=O)CCC(CN)CC1.CC(=O)CCNC(=O)C(C)(C)CN.CC(C)(CN)C(=O)NCCCO.CC(C)(CN)CC(=O)CO.CC(O)C(=O)CC(C)(C)CN.CCCC(=O)CC(C)(C)CN.CCCCCNC(=O)C(C)(C)CN.CCCNC(=O)C(C)(C)CN.COCCC(=O)CC(C)(C)CN.CS(=O)(=O)C1(CN)CCOCC1. The fourth-order valence-corrected chi connectivity index (χ4v) is 15.1. The van der Waals surface area contributed by atoms with Crippen LogP contribution in [0.2, 0.25) is 0 Å². The number of allylic oxidation sites excluding steroid dienone is 1. The van der Waals surface area contributed by atoms with E-state index in [1.165, 1.54) is 32.9 Å². The first-order chi connectivity index (χ1) is 64.5. The molecule has 2 unspecified atom stereocenters. The number of hydrogen-bond acceptors (Lipinski definition) is 33. The second-order valence-electron chi connectivity index (χ2n) is 43.2. The van der Waals surface area contributed by atoms with Crippen LogP contribution in [-0.4, -0.2) is 329 Å². The molecule has 3 heterocycles. The summed E-state index contributed by atoms with van der Waals surface area (Å²) in [6.45, 7) is 60.5. The number of Topliss-reactive ketones (excluding diaryl/α,β-unsaturated/α-hetero) is 6. The van der Waals surface area contributed by atoms with E-state index in [9.17, 15) is 64.8 Å². The lowest BCUT2D eigenvalue weighted by molar-refractivity contribution is -0.129. The van der Waals surface area contributed by atoms with Crippen molar-refractivity contribution in [3.63, 3.8) is 0 Å². The molecule has 0 aromatic rings. The first-order valence-electron chi connectivity index (χ1n) is 49.8. The number of nitrogens with one attached hydrogen (secondary N) is 4. The van der Waals surface area contributed by atoms with E-state index in [-0.39, 0.29) is 105 Å². The third-order valence-corrected chi connectivity index (χ3v) is 28.6. The van der Waals surface area contributed by atoms with Gasteiger partial charge >= 0.3 is 0 Å². The fourth-order valence-electron chi connectivity index (χ4n) is 11.2. The van der Waals surface area contributed by atoms with Crippen LogP contribution in [-0.2, 0) is 86.5 Å². The minimum absolute atomic E-state index is 0.00769. The van der Waals surface area contributed by atoms with E-state index in [0.29, 0.717) is 194 Å². The quantitative estimate of drug-likeness (QED) is 0.0227. The van der Waals surface area contributed by atoms with E-state index in [4.69, 9.17) is 98.7 Å². The molecular formula is C100H214N18O20S3. The summed E-state index contributed by atoms with van der Waals surface area (Å²) in [4.78, 5) is 114. The highest BCUT2D eigenvalue weighted by Gasteiger charge is 2.41. The summed E-state index contributed by atoms with van der Waals surface area (Å²) >= 11 is 0. The summed E-state index contributed by atoms with van der Waals surface area (Å²) in [7, 11) is -5.11. The van der Waals surface area contributed by atoms with Gasteiger partial charge in [-0.1, -0.05) is 109 Å². The number of hydrogen-bond donors (Lipinski definition) is 20. The van der Waals surface area contributed by atoms with Gasteiger partial charge in [0.1, 0.15) is 35.8 Å². The number of aliphatic hydroxyl groups excluding tert-OH is 4. The number of rotatable bonds is 51. The highest BCUT2D eigenvalue weighted by Crippen LogP contribution is 2.29. The van der Waals surface area contributed by atoms with E-state index in [1.54, 1.807) is 41.1 Å². The zero-order valence-corrected chi connectivity index (χ0v) is 95.5. The van der Waals surface area contributed by atoms with Gasteiger partial charge in [-0.05, 0) is 214 Å². The van der Waals surface area contributed by atoms with Crippen LogP contribution in [0.1, 0.15) is 288 Å². The maximum Gasteiger partial charge on any atom is 0.226 e. The number of aliphatic hydroxyl groups is 4. The molecule has 842 valence electrons. The molecule has 32 N–H and O–H groups in total. The largest absolute Gasteiger partial charge is 0.513 e. The van der Waals surface area contributed by atoms with Gasteiger partial charge in [0.15, 0.2) is 21.4 Å². The molecule has 4 amide bonds. The lowest BCUT2D eigenvalue weighted by Crippen LogP contribution is -2.49. The van der Waals surface area contributed by atoms with Crippen molar-refractivity contribution in [2.75, 3.05) is 202 Å². The summed E-state index contributed by atoms with van der Waals surface area (Å²) in [5.74, 6) is 10.0. The van der Waals surface area contributed by atoms with Crippen LogP contribution in [0.5, 0.6) is 0 Å². The fraction of sp³-hybridized carbons (Fsp3) is 0.860. The number of ether oxygens (including phenoxy) is 2. The molecule has 0 spiro atoms. The smallest absolute Gasteiger partial charge is 0.226 e. The van der Waals surface area contributed by atoms with Gasteiger partial charge in [0.05, 0.1) is 38.8 Å². The van der Waals surface area contributed by atoms with Crippen LogP contribution >= 0.6 is 0 Å². The average molecular weight is 2090 g/mol. The summed E-state index contributed by atoms with van der Waals surface area (Å²) in [6.07, 6.45) is 15.7. The van der Waals surface area contributed by atoms with Crippen LogP contribution in [0.25, 0.3) is 0 Å². The highest BCUT2D eigenvalue weighted by atomic mass is 32.2. The molecule has 0 aromatic heterocycles. The minimum atomic E-state index is -3.04. The molecule has 3 aliphatic heterocycles. The number of unbranched alkanes of at least 4 members (excludes halogenated alkanes) is 2. The Labute approximate surface area is 855 Å². The molecule has 3 saturated heterocycles. The Hall–Kier alpha value is -5.33. The maximum atomic E-state index is 11.6. The number of piperazine rings is 1. The van der Waals surface area contributed by atoms with Crippen molar-refractivity contribution in [1.29, 1.82) is 0 Å². The van der Waals surface area contributed by atoms with Gasteiger partial charge in [-0.25, -0.2) is 12.7 Å². The minimum Gasteiger partial charge on any atom is -0.513 e. The predicted octanol–water partition coefficient (Wildman–Crippen LogP) is 4.46. The molecule has 0 saturated carbocycles. The van der Waals surface area contributed by atoms with Gasteiger partial charge in [0.2, 0.25) is 23.6 Å². The van der Waals surface area contributed by atoms with Crippen LogP contribution in [0, 0.1) is 54.7 Å². The number of carbonyl (C=O) groups excluding carboxylic acids is 10. The summed E-state index contributed by atoms with van der Waals surface area (Å²) in [5.41, 5.74) is 63.0. The Morgan fingerprint density at radius 2 is 0.851 bits per heavy atom. The van der Waals surface area contributed by atoms with E-state index >= 15 is 0 Å². The maximum absolute atomic E-state index is 11.6. The van der Waals surface area contributed by atoms with Gasteiger partial charge in [0, 0.05) is 223 Å². The molecule has 3 fully saturated rings. The molecule has 0 radical (unpaired) electrons. The van der Waals surface area contributed by atoms with Gasteiger partial charge in [-0.3, -0.25) is 61.3 Å². The second-order valence-corrected chi connectivity index (χ2v) is 50.8. The van der Waals surface area contributed by atoms with Crippen LogP contribution < -0.4 is 90.1 Å². The molecule has 3 rings (SSSR count). The van der Waals surface area contributed by atoms with Crippen molar-refractivity contribution in [1.82, 2.24) is 30.5 Å². The molecule has 41 heteroatoms. The second kappa shape index (κ2) is 81.6. The number of carbonyl (C=O) groups is 10. The topological polar surface area (TPSA) is 705 Å². The zero-order valence-electron chi connectivity index (χ0n) is 93.1. The molecule has 0 bridgehead atoms. The number of sulfone groups is 1. The van der Waals surface area contributed by atoms with E-state index in [0.717, 1.165) is 96.0 Å². The monoisotopic (exact) mass is 2080 g/mol. The predicted molar refractivity (Wildman–Crippen MR) is 585 cm³/mol. The number of ketones is 6. The van der Waals surface area contributed by atoms with Crippen LogP contribution in [0.15, 0.2) is 12.3 Å². The number of nitrogens with zero attached hydrogens (tertiary/aromatic N) is 2. The van der Waals surface area contributed by atoms with E-state index < -0.39 is 61.6 Å². The van der Waals surface area contributed by atoms with E-state index in [2.05, 4.69) is 51.4 Å². The molecule has 0 aliphatic carbocycles. The Bertz CT molecular complexity index is 3730. The molecule has 2 atom stereocenters. The van der Waals surface area contributed by atoms with Crippen LogP contribution in [0.4, 0.5) is 0 Å². The van der Waals surface area contributed by atoms with Gasteiger partial charge in [0.25, 0.3) is 0 Å². The zero-order chi connectivity index (χ0) is 112. The summed E-state index contributed by atoms with van der Waals surface area (Å²) < 4.78 is 56.9. The lowest BCUT2D eigenvalue weighted by Gasteiger charge is -2.34. The highest BCUT2D eigenvalue weighted by molar-refractivity contribution is 8.00. The lowest BCUT2D eigenvalue weighted by atomic mass is 9.86. The molecule has 0 aromatic carbocycles. The number of nitrogens with two attached hydrogens (primary N) is 12. The van der Waals surface area contributed by atoms with Crippen molar-refractivity contribution in [3.8, 4) is 0 Å². The first-order valence-corrected chi connectivity index (χ1v) is 55.9. The average Bonchev–Trinajstić information content (AvgIpc) is 0.796. The van der Waals surface area contributed by atoms with Crippen molar-refractivity contribution < 1.29 is 94.7 Å². The summed E-state index contributed by atoms with van der Waals surface area (Å²) in [5, 5.41) is 45.6. The third kappa shape index (κ3) is 87.4. The van der Waals surface area contributed by atoms with Gasteiger partial charge in [-0.15, -0.1) is 0 Å².